The van der Waals surface area contributed by atoms with Crippen molar-refractivity contribution < 1.29 is 29.0 Å². The lowest BCUT2D eigenvalue weighted by Crippen LogP contribution is -2.71. The molecule has 0 bridgehead atoms. The van der Waals surface area contributed by atoms with Crippen LogP contribution in [0.5, 0.6) is 0 Å². The minimum atomic E-state index is -1.51. The van der Waals surface area contributed by atoms with Gasteiger partial charge in [-0.15, -0.1) is 23.5 Å². The second kappa shape index (κ2) is 8.65. The Bertz CT molecular complexity index is 845. The number of rotatable bonds is 7. The summed E-state index contributed by atoms with van der Waals surface area (Å²) in [6.07, 6.45) is 3.24. The SMILES string of the molecule is CC(=O)OCC1=C(C(=O)[O-])N2C(=O)[C@H](NC(=O)CSc3ccncc3)[C@H]2SC1. The Morgan fingerprint density at radius 2 is 2.11 bits per heavy atom. The van der Waals surface area contributed by atoms with E-state index < -0.39 is 29.3 Å². The van der Waals surface area contributed by atoms with Crippen LogP contribution < -0.4 is 10.4 Å². The van der Waals surface area contributed by atoms with Gasteiger partial charge in [0.05, 0.1) is 17.4 Å². The van der Waals surface area contributed by atoms with Crippen molar-refractivity contribution in [2.24, 2.45) is 0 Å². The molecule has 11 heteroatoms. The molecule has 9 nitrogen and oxygen atoms in total. The first-order chi connectivity index (χ1) is 13.4. The van der Waals surface area contributed by atoms with Gasteiger partial charge < -0.3 is 20.0 Å². The van der Waals surface area contributed by atoms with Crippen LogP contribution in [0.25, 0.3) is 0 Å². The Morgan fingerprint density at radius 1 is 1.39 bits per heavy atom. The third-order valence-electron chi connectivity index (χ3n) is 4.03. The molecule has 1 aromatic rings. The van der Waals surface area contributed by atoms with E-state index in [0.717, 1.165) is 9.80 Å². The van der Waals surface area contributed by atoms with E-state index >= 15 is 0 Å². The average molecular weight is 422 g/mol. The van der Waals surface area contributed by atoms with Gasteiger partial charge in [-0.1, -0.05) is 0 Å². The van der Waals surface area contributed by atoms with Crippen LogP contribution in [-0.2, 0) is 23.9 Å². The molecule has 3 heterocycles. The lowest BCUT2D eigenvalue weighted by Gasteiger charge is -2.50. The number of β-lactam (4-membered cyclic amide) rings is 1. The number of carbonyl (C=O) groups is 4. The first-order valence-corrected chi connectivity index (χ1v) is 10.3. The molecule has 0 radical (unpaired) electrons. The number of ether oxygens (including phenoxy) is 1. The maximum atomic E-state index is 12.5. The number of hydrogen-bond donors (Lipinski definition) is 1. The van der Waals surface area contributed by atoms with Gasteiger partial charge in [-0.25, -0.2) is 0 Å². The molecule has 1 fully saturated rings. The van der Waals surface area contributed by atoms with Crippen molar-refractivity contribution in [2.45, 2.75) is 23.2 Å². The summed E-state index contributed by atoms with van der Waals surface area (Å²) in [6.45, 7) is 0.990. The molecule has 2 aliphatic rings. The highest BCUT2D eigenvalue weighted by Crippen LogP contribution is 2.40. The van der Waals surface area contributed by atoms with Crippen LogP contribution in [0.1, 0.15) is 6.92 Å². The molecule has 0 unspecified atom stereocenters. The number of nitrogens with zero attached hydrogens (tertiary/aromatic N) is 2. The number of carboxylic acid groups (broad SMARTS) is 1. The maximum absolute atomic E-state index is 12.5. The normalized spacial score (nSPS) is 20.9. The first-order valence-electron chi connectivity index (χ1n) is 8.22. The first kappa shape index (κ1) is 20.2. The lowest BCUT2D eigenvalue weighted by molar-refractivity contribution is -0.301. The fourth-order valence-electron chi connectivity index (χ4n) is 2.77. The van der Waals surface area contributed by atoms with Crippen molar-refractivity contribution in [2.75, 3.05) is 18.1 Å². The summed E-state index contributed by atoms with van der Waals surface area (Å²) in [5, 5.41) is 13.6. The monoisotopic (exact) mass is 422 g/mol. The number of pyridine rings is 1. The van der Waals surface area contributed by atoms with E-state index in [9.17, 15) is 24.3 Å². The van der Waals surface area contributed by atoms with Crippen molar-refractivity contribution in [3.63, 3.8) is 0 Å². The summed E-state index contributed by atoms with van der Waals surface area (Å²) in [5.41, 5.74) is 0.00878. The molecule has 2 aliphatic heterocycles. The maximum Gasteiger partial charge on any atom is 0.302 e. The van der Waals surface area contributed by atoms with Gasteiger partial charge >= 0.3 is 5.97 Å². The predicted octanol–water partition coefficient (Wildman–Crippen LogP) is -0.859. The molecule has 2 amide bonds. The Labute approximate surface area is 168 Å². The van der Waals surface area contributed by atoms with Crippen molar-refractivity contribution in [1.29, 1.82) is 0 Å². The van der Waals surface area contributed by atoms with E-state index in [1.807, 2.05) is 0 Å². The van der Waals surface area contributed by atoms with Gasteiger partial charge in [0, 0.05) is 35.5 Å². The summed E-state index contributed by atoms with van der Waals surface area (Å²) in [5.74, 6) is -2.55. The molecule has 1 N–H and O–H groups in total. The quantitative estimate of drug-likeness (QED) is 0.339. The zero-order valence-electron chi connectivity index (χ0n) is 14.7. The van der Waals surface area contributed by atoms with E-state index in [4.69, 9.17) is 4.74 Å². The van der Waals surface area contributed by atoms with Gasteiger partial charge in [0.15, 0.2) is 0 Å². The predicted molar refractivity (Wildman–Crippen MR) is 98.6 cm³/mol. The van der Waals surface area contributed by atoms with Crippen LogP contribution in [0.3, 0.4) is 0 Å². The third-order valence-corrected chi connectivity index (χ3v) is 6.38. The van der Waals surface area contributed by atoms with Gasteiger partial charge in [-0.3, -0.25) is 24.3 Å². The van der Waals surface area contributed by atoms with Crippen LogP contribution in [-0.4, -0.2) is 63.2 Å². The van der Waals surface area contributed by atoms with Crippen LogP contribution in [0.15, 0.2) is 40.7 Å². The van der Waals surface area contributed by atoms with Crippen molar-refractivity contribution >= 4 is 47.3 Å². The lowest BCUT2D eigenvalue weighted by atomic mass is 10.0. The smallest absolute Gasteiger partial charge is 0.302 e. The fourth-order valence-corrected chi connectivity index (χ4v) is 4.79. The Morgan fingerprint density at radius 3 is 2.75 bits per heavy atom. The highest BCUT2D eigenvalue weighted by Gasteiger charge is 2.52. The Kier molecular flexibility index (Phi) is 6.25. The van der Waals surface area contributed by atoms with E-state index in [2.05, 4.69) is 10.3 Å². The minimum Gasteiger partial charge on any atom is -0.543 e. The molecule has 1 saturated heterocycles. The summed E-state index contributed by atoms with van der Waals surface area (Å²) < 4.78 is 4.85. The fraction of sp³-hybridized carbons (Fsp3) is 0.353. The molecule has 0 aromatic carbocycles. The molecule has 1 aromatic heterocycles. The van der Waals surface area contributed by atoms with E-state index in [-0.39, 0.29) is 29.7 Å². The standard InChI is InChI=1S/C17H17N3O6S2/c1-9(21)26-6-10-7-28-16-13(15(23)20(16)14(10)17(24)25)19-12(22)8-27-11-2-4-18-5-3-11/h2-5,13,16H,6-8H2,1H3,(H,19,22)(H,24,25)/p-1/t13-,16+/m0/s1. The molecular formula is C17H16N3O6S2-. The number of carbonyl (C=O) groups excluding carboxylic acids is 4. The molecule has 28 heavy (non-hydrogen) atoms. The number of aliphatic carboxylic acids is 1. The summed E-state index contributed by atoms with van der Waals surface area (Å²) in [4.78, 5) is 53.0. The number of nitrogens with one attached hydrogen (secondary N) is 1. The van der Waals surface area contributed by atoms with Crippen LogP contribution in [0, 0.1) is 0 Å². The van der Waals surface area contributed by atoms with Gasteiger partial charge in [0.25, 0.3) is 5.91 Å². The van der Waals surface area contributed by atoms with E-state index in [1.54, 1.807) is 24.5 Å². The second-order valence-corrected chi connectivity index (χ2v) is 8.10. The molecular weight excluding hydrogens is 406 g/mol. The largest absolute Gasteiger partial charge is 0.543 e. The van der Waals surface area contributed by atoms with E-state index in [1.165, 1.54) is 30.4 Å². The number of carboxylic acids is 1. The number of esters is 1. The Balaban J connectivity index is 1.62. The number of hydrogen-bond acceptors (Lipinski definition) is 9. The molecule has 3 rings (SSSR count). The van der Waals surface area contributed by atoms with E-state index in [0.29, 0.717) is 5.57 Å². The molecule has 2 atom stereocenters. The second-order valence-electron chi connectivity index (χ2n) is 5.95. The van der Waals surface area contributed by atoms with Gasteiger partial charge in [0.2, 0.25) is 5.91 Å². The van der Waals surface area contributed by atoms with Crippen molar-refractivity contribution in [3.8, 4) is 0 Å². The zero-order chi connectivity index (χ0) is 20.3. The summed E-state index contributed by atoms with van der Waals surface area (Å²) in [7, 11) is 0. The third kappa shape index (κ3) is 4.30. The zero-order valence-corrected chi connectivity index (χ0v) is 16.4. The molecule has 0 aliphatic carbocycles. The van der Waals surface area contributed by atoms with Crippen molar-refractivity contribution in [3.05, 3.63) is 35.8 Å². The van der Waals surface area contributed by atoms with Gasteiger partial charge in [0.1, 0.15) is 18.0 Å². The van der Waals surface area contributed by atoms with Crippen LogP contribution in [0.4, 0.5) is 0 Å². The minimum absolute atomic E-state index is 0.117. The molecule has 0 saturated carbocycles. The Hall–Kier alpha value is -2.53. The summed E-state index contributed by atoms with van der Waals surface area (Å²) in [6, 6.07) is 2.74. The van der Waals surface area contributed by atoms with Crippen LogP contribution in [0.2, 0.25) is 0 Å². The van der Waals surface area contributed by atoms with Crippen LogP contribution >= 0.6 is 23.5 Å². The highest BCUT2D eigenvalue weighted by molar-refractivity contribution is 8.00. The molecule has 0 spiro atoms. The summed E-state index contributed by atoms with van der Waals surface area (Å²) >= 11 is 2.60. The van der Waals surface area contributed by atoms with Crippen molar-refractivity contribution in [1.82, 2.24) is 15.2 Å². The number of fused-ring (bicyclic) bond motifs is 1. The van der Waals surface area contributed by atoms with Gasteiger partial charge in [-0.05, 0) is 12.1 Å². The number of aromatic nitrogens is 1. The number of amides is 2. The topological polar surface area (TPSA) is 129 Å². The van der Waals surface area contributed by atoms with Gasteiger partial charge in [-0.2, -0.15) is 0 Å². The highest BCUT2D eigenvalue weighted by atomic mass is 32.2. The molecule has 148 valence electrons. The average Bonchev–Trinajstić information content (AvgIpc) is 2.68. The number of thioether (sulfide) groups is 2.